The van der Waals surface area contributed by atoms with Gasteiger partial charge in [-0.25, -0.2) is 4.79 Å². The molecule has 1 N–H and O–H groups in total. The first kappa shape index (κ1) is 18.4. The molecule has 0 saturated carbocycles. The minimum atomic E-state index is -1.00. The van der Waals surface area contributed by atoms with Gasteiger partial charge >= 0.3 is 5.97 Å². The smallest absolute Gasteiger partial charge is 0.377 e. The molecule has 0 bridgehead atoms. The van der Waals surface area contributed by atoms with Crippen molar-refractivity contribution in [2.24, 2.45) is 0 Å². The van der Waals surface area contributed by atoms with Crippen LogP contribution in [0.1, 0.15) is 25.5 Å². The summed E-state index contributed by atoms with van der Waals surface area (Å²) in [5.74, 6) is -1.27. The van der Waals surface area contributed by atoms with Crippen LogP contribution in [0.15, 0.2) is 30.2 Å². The van der Waals surface area contributed by atoms with Gasteiger partial charge in [-0.2, -0.15) is 0 Å². The third kappa shape index (κ3) is 4.79. The minimum Gasteiger partial charge on any atom is -0.493 e. The Kier molecular flexibility index (Phi) is 6.34. The van der Waals surface area contributed by atoms with E-state index in [4.69, 9.17) is 37.4 Å². The topological polar surface area (TPSA) is 73.9 Å². The minimum absolute atomic E-state index is 0.0605. The van der Waals surface area contributed by atoms with Crippen LogP contribution in [0, 0.1) is 0 Å². The highest BCUT2D eigenvalue weighted by atomic mass is 35.5. The molecule has 0 aromatic heterocycles. The van der Waals surface area contributed by atoms with E-state index in [0.717, 1.165) is 0 Å². The summed E-state index contributed by atoms with van der Waals surface area (Å²) in [6.07, 6.45) is 0.171. The van der Waals surface area contributed by atoms with Crippen LogP contribution in [0.4, 0.5) is 0 Å². The van der Waals surface area contributed by atoms with Crippen molar-refractivity contribution in [1.82, 2.24) is 5.32 Å². The van der Waals surface area contributed by atoms with E-state index in [1.54, 1.807) is 25.1 Å². The fraction of sp³-hybridized carbons (Fsp3) is 0.375. The number of benzene rings is 1. The lowest BCUT2D eigenvalue weighted by Crippen LogP contribution is -2.38. The molecule has 0 spiro atoms. The van der Waals surface area contributed by atoms with Gasteiger partial charge in [-0.1, -0.05) is 29.3 Å². The molecule has 0 saturated heterocycles. The summed E-state index contributed by atoms with van der Waals surface area (Å²) < 4.78 is 15.1. The maximum absolute atomic E-state index is 12.2. The van der Waals surface area contributed by atoms with Gasteiger partial charge in [-0.05, 0) is 31.5 Å². The molecule has 6 nitrogen and oxygen atoms in total. The van der Waals surface area contributed by atoms with Gasteiger partial charge in [-0.15, -0.1) is 0 Å². The van der Waals surface area contributed by atoms with Crippen LogP contribution in [0.25, 0.3) is 0 Å². The van der Waals surface area contributed by atoms with Crippen LogP contribution >= 0.6 is 23.2 Å². The van der Waals surface area contributed by atoms with E-state index in [1.165, 1.54) is 13.2 Å². The Bertz CT molecular complexity index is 662. The van der Waals surface area contributed by atoms with E-state index < -0.39 is 18.0 Å². The van der Waals surface area contributed by atoms with Gasteiger partial charge in [-0.3, -0.25) is 4.79 Å². The second-order valence-electron chi connectivity index (χ2n) is 5.15. The lowest BCUT2D eigenvalue weighted by atomic mass is 10.1. The Morgan fingerprint density at radius 1 is 1.25 bits per heavy atom. The van der Waals surface area contributed by atoms with E-state index >= 15 is 0 Å². The normalized spacial score (nSPS) is 16.1. The first-order chi connectivity index (χ1) is 11.4. The van der Waals surface area contributed by atoms with Crippen molar-refractivity contribution in [2.75, 3.05) is 13.2 Å². The van der Waals surface area contributed by atoms with Crippen LogP contribution in [0.2, 0.25) is 10.0 Å². The molecule has 2 atom stereocenters. The zero-order valence-electron chi connectivity index (χ0n) is 13.2. The summed E-state index contributed by atoms with van der Waals surface area (Å²) in [6.45, 7) is 3.86. The number of hydrogen-bond acceptors (Lipinski definition) is 5. The van der Waals surface area contributed by atoms with Crippen molar-refractivity contribution < 1.29 is 23.8 Å². The van der Waals surface area contributed by atoms with Gasteiger partial charge in [0.25, 0.3) is 5.91 Å². The number of rotatable bonds is 5. The predicted octanol–water partition coefficient (Wildman–Crippen LogP) is 2.99. The van der Waals surface area contributed by atoms with Crippen molar-refractivity contribution in [3.8, 4) is 0 Å². The van der Waals surface area contributed by atoms with E-state index in [9.17, 15) is 9.59 Å². The molecule has 8 heteroatoms. The van der Waals surface area contributed by atoms with Gasteiger partial charge in [0.05, 0.1) is 6.04 Å². The molecule has 130 valence electrons. The maximum atomic E-state index is 12.2. The second-order valence-corrected chi connectivity index (χ2v) is 5.99. The summed E-state index contributed by atoms with van der Waals surface area (Å²) in [5, 5.41) is 3.68. The highest BCUT2D eigenvalue weighted by Crippen LogP contribution is 2.26. The number of halogens is 2. The van der Waals surface area contributed by atoms with Gasteiger partial charge in [0.2, 0.25) is 5.76 Å². The molecule has 0 unspecified atom stereocenters. The lowest BCUT2D eigenvalue weighted by molar-refractivity contribution is -0.155. The van der Waals surface area contributed by atoms with E-state index in [0.29, 0.717) is 22.2 Å². The van der Waals surface area contributed by atoms with Gasteiger partial charge < -0.3 is 19.5 Å². The molecule has 0 aliphatic carbocycles. The van der Waals surface area contributed by atoms with Crippen LogP contribution in [-0.2, 0) is 23.8 Å². The van der Waals surface area contributed by atoms with Gasteiger partial charge in [0.1, 0.15) is 19.5 Å². The number of hydrogen-bond donors (Lipinski definition) is 1. The van der Waals surface area contributed by atoms with Crippen LogP contribution in [0.3, 0.4) is 0 Å². The second kappa shape index (κ2) is 8.26. The number of carbonyl (C=O) groups excluding carboxylic acids is 2. The summed E-state index contributed by atoms with van der Waals surface area (Å²) in [4.78, 5) is 24.0. The first-order valence-corrected chi connectivity index (χ1v) is 8.05. The molecule has 1 heterocycles. The molecular formula is C16H17Cl2NO5. The summed E-state index contributed by atoms with van der Waals surface area (Å²) >= 11 is 12.0. The molecule has 1 aliphatic rings. The predicted molar refractivity (Wildman–Crippen MR) is 88.6 cm³/mol. The molecule has 0 fully saturated rings. The third-order valence-corrected chi connectivity index (χ3v) is 3.85. The van der Waals surface area contributed by atoms with Gasteiger partial charge in [0, 0.05) is 10.0 Å². The van der Waals surface area contributed by atoms with E-state index in [-0.39, 0.29) is 18.4 Å². The van der Waals surface area contributed by atoms with Crippen molar-refractivity contribution in [3.63, 3.8) is 0 Å². The lowest BCUT2D eigenvalue weighted by Gasteiger charge is -2.20. The Morgan fingerprint density at radius 2 is 2.00 bits per heavy atom. The average Bonchev–Trinajstić information content (AvgIpc) is 2.55. The highest BCUT2D eigenvalue weighted by Gasteiger charge is 2.24. The van der Waals surface area contributed by atoms with Crippen molar-refractivity contribution in [3.05, 3.63) is 45.8 Å². The fourth-order valence-corrected chi connectivity index (χ4v) is 2.58. The summed E-state index contributed by atoms with van der Waals surface area (Å²) in [5.41, 5.74) is 0.708. The Labute approximate surface area is 149 Å². The monoisotopic (exact) mass is 373 g/mol. The average molecular weight is 374 g/mol. The van der Waals surface area contributed by atoms with Crippen molar-refractivity contribution in [2.45, 2.75) is 26.0 Å². The first-order valence-electron chi connectivity index (χ1n) is 7.29. The number of amides is 1. The quantitative estimate of drug-likeness (QED) is 0.803. The van der Waals surface area contributed by atoms with E-state index in [2.05, 4.69) is 5.32 Å². The maximum Gasteiger partial charge on any atom is 0.377 e. The summed E-state index contributed by atoms with van der Waals surface area (Å²) in [7, 11) is 0. The zero-order valence-corrected chi connectivity index (χ0v) is 14.7. The molecule has 24 heavy (non-hydrogen) atoms. The molecule has 0 radical (unpaired) electrons. The molecule has 1 aromatic carbocycles. The summed E-state index contributed by atoms with van der Waals surface area (Å²) in [6, 6.07) is 4.63. The standard InChI is InChI=1S/C16H17Cl2NO5/c1-9(12-4-3-11(17)7-13(12)18)19-15(20)10(2)24-16(21)14-8-22-5-6-23-14/h3-4,7-10H,5-6H2,1-2H3,(H,19,20)/t9-,10-/m0/s1. The molecule has 2 rings (SSSR count). The Balaban J connectivity index is 1.93. The van der Waals surface area contributed by atoms with Crippen molar-refractivity contribution in [1.29, 1.82) is 0 Å². The zero-order chi connectivity index (χ0) is 17.7. The number of esters is 1. The largest absolute Gasteiger partial charge is 0.493 e. The number of ether oxygens (including phenoxy) is 3. The number of nitrogens with one attached hydrogen (secondary N) is 1. The Morgan fingerprint density at radius 3 is 2.62 bits per heavy atom. The van der Waals surface area contributed by atoms with E-state index in [1.807, 2.05) is 0 Å². The number of carbonyl (C=O) groups is 2. The van der Waals surface area contributed by atoms with Gasteiger partial charge in [0.15, 0.2) is 6.10 Å². The molecular weight excluding hydrogens is 357 g/mol. The highest BCUT2D eigenvalue weighted by molar-refractivity contribution is 6.35. The SMILES string of the molecule is C[C@H](OC(=O)C1=COCCO1)C(=O)N[C@@H](C)c1ccc(Cl)cc1Cl. The van der Waals surface area contributed by atoms with Crippen LogP contribution in [0.5, 0.6) is 0 Å². The molecule has 1 aromatic rings. The Hall–Kier alpha value is -1.92. The van der Waals surface area contributed by atoms with Crippen molar-refractivity contribution >= 4 is 35.1 Å². The van der Waals surface area contributed by atoms with Crippen LogP contribution < -0.4 is 5.32 Å². The molecule has 1 amide bonds. The fourth-order valence-electron chi connectivity index (χ4n) is 2.01. The molecule has 1 aliphatic heterocycles. The van der Waals surface area contributed by atoms with Crippen LogP contribution in [-0.4, -0.2) is 31.2 Å². The third-order valence-electron chi connectivity index (χ3n) is 3.29.